The van der Waals surface area contributed by atoms with Gasteiger partial charge in [0, 0.05) is 18.7 Å². The van der Waals surface area contributed by atoms with E-state index in [-0.39, 0.29) is 5.91 Å². The van der Waals surface area contributed by atoms with Crippen LogP contribution >= 0.6 is 0 Å². The molecule has 1 heterocycles. The number of amides is 1. The van der Waals surface area contributed by atoms with E-state index in [1.165, 1.54) is 4.90 Å². The zero-order chi connectivity index (χ0) is 14.0. The van der Waals surface area contributed by atoms with Crippen molar-refractivity contribution in [2.45, 2.75) is 25.4 Å². The van der Waals surface area contributed by atoms with Crippen LogP contribution in [0.5, 0.6) is 0 Å². The molecule has 5 nitrogen and oxygen atoms in total. The molecule has 1 unspecified atom stereocenters. The molecule has 1 amide bonds. The SMILES string of the molecule is C=C(N)c1ccc(CN2C(=O)CCC2C(=O)O)cc1. The van der Waals surface area contributed by atoms with Gasteiger partial charge in [-0.1, -0.05) is 30.8 Å². The van der Waals surface area contributed by atoms with Crippen LogP contribution < -0.4 is 5.73 Å². The number of carboxylic acid groups (broad SMARTS) is 1. The Morgan fingerprint density at radius 1 is 1.42 bits per heavy atom. The maximum Gasteiger partial charge on any atom is 0.326 e. The van der Waals surface area contributed by atoms with Crippen LogP contribution in [-0.2, 0) is 16.1 Å². The second kappa shape index (κ2) is 5.14. The van der Waals surface area contributed by atoms with Crippen molar-refractivity contribution in [3.8, 4) is 0 Å². The Kier molecular flexibility index (Phi) is 3.55. The van der Waals surface area contributed by atoms with Gasteiger partial charge in [-0.25, -0.2) is 4.79 Å². The third-order valence-corrected chi connectivity index (χ3v) is 3.29. The van der Waals surface area contributed by atoms with Gasteiger partial charge in [0.2, 0.25) is 5.91 Å². The first kappa shape index (κ1) is 13.1. The average molecular weight is 260 g/mol. The molecule has 1 aliphatic rings. The summed E-state index contributed by atoms with van der Waals surface area (Å²) in [5, 5.41) is 9.07. The molecular weight excluding hydrogens is 244 g/mol. The van der Waals surface area contributed by atoms with Crippen molar-refractivity contribution in [3.05, 3.63) is 42.0 Å². The second-order valence-electron chi connectivity index (χ2n) is 4.64. The first-order valence-corrected chi connectivity index (χ1v) is 6.05. The summed E-state index contributed by atoms with van der Waals surface area (Å²) in [6.07, 6.45) is 0.681. The summed E-state index contributed by atoms with van der Waals surface area (Å²) in [6, 6.07) is 6.58. The molecule has 19 heavy (non-hydrogen) atoms. The van der Waals surface area contributed by atoms with Gasteiger partial charge in [-0.2, -0.15) is 0 Å². The fourth-order valence-electron chi connectivity index (χ4n) is 2.21. The molecule has 3 N–H and O–H groups in total. The van der Waals surface area contributed by atoms with Crippen molar-refractivity contribution in [2.24, 2.45) is 5.73 Å². The highest BCUT2D eigenvalue weighted by atomic mass is 16.4. The normalized spacial score (nSPS) is 18.6. The Hall–Kier alpha value is -2.30. The molecular formula is C14H16N2O3. The maximum absolute atomic E-state index is 11.7. The Labute approximate surface area is 111 Å². The molecule has 1 aliphatic heterocycles. The number of rotatable bonds is 4. The minimum Gasteiger partial charge on any atom is -0.480 e. The Balaban J connectivity index is 2.13. The van der Waals surface area contributed by atoms with E-state index >= 15 is 0 Å². The summed E-state index contributed by atoms with van der Waals surface area (Å²) in [7, 11) is 0. The van der Waals surface area contributed by atoms with Crippen LogP contribution in [0.3, 0.4) is 0 Å². The zero-order valence-electron chi connectivity index (χ0n) is 10.5. The van der Waals surface area contributed by atoms with Crippen LogP contribution in [0.4, 0.5) is 0 Å². The van der Waals surface area contributed by atoms with Gasteiger partial charge in [0.05, 0.1) is 0 Å². The Morgan fingerprint density at radius 3 is 2.58 bits per heavy atom. The van der Waals surface area contributed by atoms with Gasteiger partial charge in [-0.05, 0) is 17.5 Å². The first-order valence-electron chi connectivity index (χ1n) is 6.05. The zero-order valence-corrected chi connectivity index (χ0v) is 10.5. The number of nitrogens with two attached hydrogens (primary N) is 1. The number of nitrogens with zero attached hydrogens (tertiary/aromatic N) is 1. The van der Waals surface area contributed by atoms with E-state index in [0.29, 0.717) is 25.1 Å². The van der Waals surface area contributed by atoms with Crippen LogP contribution in [0.2, 0.25) is 0 Å². The van der Waals surface area contributed by atoms with Crippen molar-refractivity contribution in [1.29, 1.82) is 0 Å². The van der Waals surface area contributed by atoms with Crippen molar-refractivity contribution in [3.63, 3.8) is 0 Å². The van der Waals surface area contributed by atoms with E-state index in [4.69, 9.17) is 10.8 Å². The predicted molar refractivity (Wildman–Crippen MR) is 70.9 cm³/mol. The molecule has 5 heteroatoms. The number of hydrogen-bond donors (Lipinski definition) is 2. The van der Waals surface area contributed by atoms with Crippen LogP contribution in [0.1, 0.15) is 24.0 Å². The highest BCUT2D eigenvalue weighted by molar-refractivity contribution is 5.87. The molecule has 0 spiro atoms. The van der Waals surface area contributed by atoms with Gasteiger partial charge in [-0.15, -0.1) is 0 Å². The summed E-state index contributed by atoms with van der Waals surface area (Å²) in [5.41, 5.74) is 7.76. The number of benzene rings is 1. The summed E-state index contributed by atoms with van der Waals surface area (Å²) in [6.45, 7) is 3.95. The highest BCUT2D eigenvalue weighted by Crippen LogP contribution is 2.22. The summed E-state index contributed by atoms with van der Waals surface area (Å²) in [4.78, 5) is 24.2. The summed E-state index contributed by atoms with van der Waals surface area (Å²) >= 11 is 0. The lowest BCUT2D eigenvalue weighted by molar-refractivity contribution is -0.146. The van der Waals surface area contributed by atoms with Gasteiger partial charge in [0.1, 0.15) is 6.04 Å². The lowest BCUT2D eigenvalue weighted by atomic mass is 10.1. The van der Waals surface area contributed by atoms with Crippen LogP contribution in [-0.4, -0.2) is 27.9 Å². The summed E-state index contributed by atoms with van der Waals surface area (Å²) in [5.74, 6) is -1.06. The molecule has 2 rings (SSSR count). The molecule has 1 fully saturated rings. The molecule has 0 aliphatic carbocycles. The average Bonchev–Trinajstić information content (AvgIpc) is 2.72. The standard InChI is InChI=1S/C14H16N2O3/c1-9(15)11-4-2-10(3-5-11)8-16-12(14(18)19)6-7-13(16)17/h2-5,12H,1,6-8,15H2,(H,18,19). The third-order valence-electron chi connectivity index (χ3n) is 3.29. The van der Waals surface area contributed by atoms with Crippen LogP contribution in [0.15, 0.2) is 30.8 Å². The number of carbonyl (C=O) groups is 2. The fraction of sp³-hybridized carbons (Fsp3) is 0.286. The van der Waals surface area contributed by atoms with E-state index in [2.05, 4.69) is 6.58 Å². The number of carboxylic acids is 1. The maximum atomic E-state index is 11.7. The Morgan fingerprint density at radius 2 is 2.05 bits per heavy atom. The smallest absolute Gasteiger partial charge is 0.326 e. The van der Waals surface area contributed by atoms with Gasteiger partial charge in [0.15, 0.2) is 0 Å². The van der Waals surface area contributed by atoms with Gasteiger partial charge in [-0.3, -0.25) is 4.79 Å². The number of carbonyl (C=O) groups excluding carboxylic acids is 1. The Bertz CT molecular complexity index is 522. The number of likely N-dealkylation sites (tertiary alicyclic amines) is 1. The molecule has 1 saturated heterocycles. The minimum atomic E-state index is -0.946. The van der Waals surface area contributed by atoms with Crippen molar-refractivity contribution >= 4 is 17.6 Å². The van der Waals surface area contributed by atoms with E-state index in [0.717, 1.165) is 11.1 Å². The van der Waals surface area contributed by atoms with Gasteiger partial charge >= 0.3 is 5.97 Å². The van der Waals surface area contributed by atoms with Crippen LogP contribution in [0.25, 0.3) is 5.70 Å². The number of hydrogen-bond acceptors (Lipinski definition) is 3. The van der Waals surface area contributed by atoms with Crippen LogP contribution in [0, 0.1) is 0 Å². The van der Waals surface area contributed by atoms with E-state index in [1.54, 1.807) is 0 Å². The number of aliphatic carboxylic acids is 1. The molecule has 0 aromatic heterocycles. The van der Waals surface area contributed by atoms with Crippen molar-refractivity contribution < 1.29 is 14.7 Å². The monoisotopic (exact) mass is 260 g/mol. The summed E-state index contributed by atoms with van der Waals surface area (Å²) < 4.78 is 0. The largest absolute Gasteiger partial charge is 0.480 e. The van der Waals surface area contributed by atoms with Gasteiger partial charge in [0.25, 0.3) is 0 Å². The molecule has 1 atom stereocenters. The second-order valence-corrected chi connectivity index (χ2v) is 4.64. The van der Waals surface area contributed by atoms with E-state index < -0.39 is 12.0 Å². The fourth-order valence-corrected chi connectivity index (χ4v) is 2.21. The predicted octanol–water partition coefficient (Wildman–Crippen LogP) is 1.19. The third kappa shape index (κ3) is 2.76. The van der Waals surface area contributed by atoms with E-state index in [9.17, 15) is 9.59 Å². The molecule has 0 saturated carbocycles. The molecule has 1 aromatic rings. The molecule has 100 valence electrons. The quantitative estimate of drug-likeness (QED) is 0.851. The van der Waals surface area contributed by atoms with E-state index in [1.807, 2.05) is 24.3 Å². The first-order chi connectivity index (χ1) is 8.99. The molecule has 1 aromatic carbocycles. The highest BCUT2D eigenvalue weighted by Gasteiger charge is 2.35. The van der Waals surface area contributed by atoms with Crippen molar-refractivity contribution in [1.82, 2.24) is 4.90 Å². The topological polar surface area (TPSA) is 83.6 Å². The van der Waals surface area contributed by atoms with Crippen molar-refractivity contribution in [2.75, 3.05) is 0 Å². The lowest BCUT2D eigenvalue weighted by Crippen LogP contribution is -2.37. The van der Waals surface area contributed by atoms with Gasteiger partial charge < -0.3 is 15.7 Å². The lowest BCUT2D eigenvalue weighted by Gasteiger charge is -2.21. The molecule has 0 radical (unpaired) electrons. The minimum absolute atomic E-state index is 0.111. The molecule has 0 bridgehead atoms.